The molecule has 0 aromatic carbocycles. The molecule has 2 fully saturated rings. The Balaban J connectivity index is 2.35. The van der Waals surface area contributed by atoms with Crippen LogP contribution in [0.2, 0.25) is 36.3 Å². The maximum absolute atomic E-state index is 10.6. The molecule has 6 nitrogen and oxygen atoms in total. The number of aliphatic hydroxyl groups excluding tert-OH is 1. The number of aliphatic hydroxyl groups is 1. The zero-order chi connectivity index (χ0) is 26.1. The summed E-state index contributed by atoms with van der Waals surface area (Å²) in [6, 6.07) is 3.20. The Bertz CT molecular complexity index is 641. The highest BCUT2D eigenvalue weighted by atomic mass is 28.4. The van der Waals surface area contributed by atoms with Crippen LogP contribution in [0.4, 0.5) is 0 Å². The van der Waals surface area contributed by atoms with Crippen molar-refractivity contribution in [2.24, 2.45) is 5.92 Å². The zero-order valence-electron chi connectivity index (χ0n) is 24.1. The van der Waals surface area contributed by atoms with Gasteiger partial charge in [0.25, 0.3) is 0 Å². The Kier molecular flexibility index (Phi) is 10.1. The van der Waals surface area contributed by atoms with Crippen molar-refractivity contribution < 1.29 is 28.2 Å². The number of hydrogen-bond donors (Lipinski definition) is 1. The van der Waals surface area contributed by atoms with Crippen molar-refractivity contribution in [1.82, 2.24) is 0 Å². The van der Waals surface area contributed by atoms with Crippen molar-refractivity contribution in [2.75, 3.05) is 7.11 Å². The molecule has 2 aliphatic heterocycles. The van der Waals surface area contributed by atoms with Gasteiger partial charge >= 0.3 is 0 Å². The summed E-state index contributed by atoms with van der Waals surface area (Å²) in [5.74, 6) is 0.00125. The van der Waals surface area contributed by atoms with E-state index in [1.807, 2.05) is 0 Å². The lowest BCUT2D eigenvalue weighted by Gasteiger charge is -2.55. The van der Waals surface area contributed by atoms with Gasteiger partial charge in [-0.25, -0.2) is 0 Å². The Hall–Kier alpha value is 0.194. The summed E-state index contributed by atoms with van der Waals surface area (Å²) in [6.45, 7) is 24.4. The molecule has 1 unspecified atom stereocenters. The fourth-order valence-corrected chi connectivity index (χ4v) is 10.4. The van der Waals surface area contributed by atoms with Crippen LogP contribution < -0.4 is 0 Å². The van der Waals surface area contributed by atoms with E-state index < -0.39 is 28.5 Å². The molecule has 8 heteroatoms. The highest BCUT2D eigenvalue weighted by molar-refractivity contribution is 6.74. The fourth-order valence-electron chi connectivity index (χ4n) is 5.85. The predicted octanol–water partition coefficient (Wildman–Crippen LogP) is 6.09. The molecule has 0 aromatic rings. The average molecular weight is 519 g/mol. The van der Waals surface area contributed by atoms with Gasteiger partial charge in [0, 0.05) is 25.9 Å². The Labute approximate surface area is 211 Å². The third-order valence-corrected chi connectivity index (χ3v) is 18.4. The van der Waals surface area contributed by atoms with Gasteiger partial charge in [-0.2, -0.15) is 0 Å². The normalized spacial score (nSPS) is 38.2. The van der Waals surface area contributed by atoms with Crippen molar-refractivity contribution >= 4 is 16.6 Å². The summed E-state index contributed by atoms with van der Waals surface area (Å²) in [4.78, 5) is 0. The van der Waals surface area contributed by atoms with Crippen LogP contribution in [0.25, 0.3) is 0 Å². The molecule has 0 spiro atoms. The maximum Gasteiger partial charge on any atom is 0.192 e. The molecule has 8 atom stereocenters. The van der Waals surface area contributed by atoms with E-state index in [-0.39, 0.29) is 41.5 Å². The van der Waals surface area contributed by atoms with Gasteiger partial charge in [0.2, 0.25) is 0 Å². The molecule has 202 valence electrons. The lowest BCUT2D eigenvalue weighted by atomic mass is 9.74. The quantitative estimate of drug-likeness (QED) is 0.372. The van der Waals surface area contributed by atoms with E-state index in [9.17, 15) is 5.11 Å². The first-order valence-electron chi connectivity index (χ1n) is 13.5. The Morgan fingerprint density at radius 1 is 1.00 bits per heavy atom. The van der Waals surface area contributed by atoms with E-state index in [0.717, 1.165) is 24.6 Å². The summed E-state index contributed by atoms with van der Waals surface area (Å²) in [5, 5.41) is 10.7. The third kappa shape index (κ3) is 6.36. The summed E-state index contributed by atoms with van der Waals surface area (Å²) in [7, 11) is -2.13. The summed E-state index contributed by atoms with van der Waals surface area (Å²) < 4.78 is 32.7. The van der Waals surface area contributed by atoms with Gasteiger partial charge in [0.15, 0.2) is 22.9 Å². The number of hydrogen-bond acceptors (Lipinski definition) is 6. The molecule has 0 saturated carbocycles. The van der Waals surface area contributed by atoms with E-state index in [1.54, 1.807) is 7.11 Å². The van der Waals surface area contributed by atoms with Crippen LogP contribution in [-0.2, 0) is 23.1 Å². The van der Waals surface area contributed by atoms with Crippen LogP contribution in [0.5, 0.6) is 0 Å². The van der Waals surface area contributed by atoms with Crippen LogP contribution in [0.1, 0.15) is 75.2 Å². The molecule has 2 saturated heterocycles. The van der Waals surface area contributed by atoms with Crippen LogP contribution in [0, 0.1) is 5.92 Å². The molecule has 34 heavy (non-hydrogen) atoms. The summed E-state index contributed by atoms with van der Waals surface area (Å²) in [5.41, 5.74) is -0.513. The molecular formula is C26H54O6Si2. The standard InChI is InChI=1S/C26H54O6Si2/c1-13-34(14-2,15-3)32-26(9)17-22(27)30-18(4)23(26)20-16-21(28-10)24(19(5)29-20)31-33(11,12)25(6,7)8/h18-24,27H,13-17H2,1-12H3/t18-,19+,20+,21+,22?,23+,24+,26-/m0/s1. The molecule has 2 aliphatic rings. The first-order chi connectivity index (χ1) is 15.6. The van der Waals surface area contributed by atoms with Gasteiger partial charge < -0.3 is 28.2 Å². The van der Waals surface area contributed by atoms with E-state index in [4.69, 9.17) is 23.1 Å². The predicted molar refractivity (Wildman–Crippen MR) is 143 cm³/mol. The molecular weight excluding hydrogens is 464 g/mol. The number of ether oxygens (including phenoxy) is 3. The van der Waals surface area contributed by atoms with Crippen LogP contribution in [-0.4, -0.2) is 71.3 Å². The maximum atomic E-state index is 10.6. The smallest absolute Gasteiger partial charge is 0.192 e. The minimum atomic E-state index is -1.99. The van der Waals surface area contributed by atoms with E-state index >= 15 is 0 Å². The molecule has 2 rings (SSSR count). The van der Waals surface area contributed by atoms with Crippen molar-refractivity contribution in [2.45, 2.75) is 154 Å². The lowest BCUT2D eigenvalue weighted by Crippen LogP contribution is -2.64. The topological polar surface area (TPSA) is 66.4 Å². The summed E-state index contributed by atoms with van der Waals surface area (Å²) >= 11 is 0. The second-order valence-electron chi connectivity index (χ2n) is 12.4. The molecule has 0 bridgehead atoms. The van der Waals surface area contributed by atoms with Crippen molar-refractivity contribution in [3.8, 4) is 0 Å². The largest absolute Gasteiger partial charge is 0.411 e. The van der Waals surface area contributed by atoms with Crippen LogP contribution in [0.15, 0.2) is 0 Å². The van der Waals surface area contributed by atoms with Crippen molar-refractivity contribution in [3.05, 3.63) is 0 Å². The third-order valence-electron chi connectivity index (χ3n) is 9.17. The molecule has 0 radical (unpaired) electrons. The second kappa shape index (κ2) is 11.3. The molecule has 0 amide bonds. The van der Waals surface area contributed by atoms with E-state index in [2.05, 4.69) is 75.4 Å². The van der Waals surface area contributed by atoms with Gasteiger partial charge in [-0.15, -0.1) is 0 Å². The van der Waals surface area contributed by atoms with Crippen molar-refractivity contribution in [3.63, 3.8) is 0 Å². The molecule has 0 aliphatic carbocycles. The first kappa shape index (κ1) is 30.4. The summed E-state index contributed by atoms with van der Waals surface area (Å²) in [6.07, 6.45) is -0.164. The molecule has 2 heterocycles. The fraction of sp³-hybridized carbons (Fsp3) is 1.00. The van der Waals surface area contributed by atoms with Crippen LogP contribution in [0.3, 0.4) is 0 Å². The van der Waals surface area contributed by atoms with Crippen molar-refractivity contribution in [1.29, 1.82) is 0 Å². The first-order valence-corrected chi connectivity index (χ1v) is 18.9. The average Bonchev–Trinajstić information content (AvgIpc) is 2.72. The highest BCUT2D eigenvalue weighted by Gasteiger charge is 2.55. The molecule has 1 N–H and O–H groups in total. The van der Waals surface area contributed by atoms with Gasteiger partial charge in [-0.05, 0) is 57.0 Å². The van der Waals surface area contributed by atoms with Gasteiger partial charge in [-0.1, -0.05) is 41.5 Å². The van der Waals surface area contributed by atoms with Gasteiger partial charge in [0.1, 0.15) is 0 Å². The van der Waals surface area contributed by atoms with Gasteiger partial charge in [0.05, 0.1) is 36.1 Å². The lowest BCUT2D eigenvalue weighted by molar-refractivity contribution is -0.274. The monoisotopic (exact) mass is 518 g/mol. The van der Waals surface area contributed by atoms with Crippen LogP contribution >= 0.6 is 0 Å². The SMILES string of the molecule is CC[Si](CC)(CC)O[C@@]1(C)CC(O)O[C@@H](C)[C@@H]1[C@H]1C[C@@H](OC)[C@H](O[Si](C)(C)C(C)(C)C)[C@@H](C)O1. The number of rotatable bonds is 9. The van der Waals surface area contributed by atoms with E-state index in [0.29, 0.717) is 6.42 Å². The highest BCUT2D eigenvalue weighted by Crippen LogP contribution is 2.47. The number of methoxy groups -OCH3 is 1. The Morgan fingerprint density at radius 2 is 1.56 bits per heavy atom. The molecule has 0 aromatic heterocycles. The minimum absolute atomic E-state index is 0.00125. The van der Waals surface area contributed by atoms with Gasteiger partial charge in [-0.3, -0.25) is 0 Å². The zero-order valence-corrected chi connectivity index (χ0v) is 26.1. The van der Waals surface area contributed by atoms with E-state index in [1.165, 1.54) is 0 Å². The Morgan fingerprint density at radius 3 is 2.03 bits per heavy atom. The minimum Gasteiger partial charge on any atom is -0.411 e. The second-order valence-corrected chi connectivity index (χ2v) is 21.9.